The minimum Gasteiger partial charge on any atom is -0.468 e. The van der Waals surface area contributed by atoms with Crippen LogP contribution in [0.2, 0.25) is 0 Å². The molecule has 5 nitrogen and oxygen atoms in total. The van der Waals surface area contributed by atoms with Gasteiger partial charge in [-0.2, -0.15) is 5.10 Å². The molecule has 2 rings (SSSR count). The Bertz CT molecular complexity index is 475. The molecule has 0 amide bonds. The van der Waals surface area contributed by atoms with E-state index in [4.69, 9.17) is 4.42 Å². The minimum atomic E-state index is 0.148. The molecule has 0 fully saturated rings. The van der Waals surface area contributed by atoms with E-state index in [2.05, 4.69) is 36.2 Å². The summed E-state index contributed by atoms with van der Waals surface area (Å²) in [6.45, 7) is 8.24. The first-order valence-electron chi connectivity index (χ1n) is 6.84. The molecule has 0 aliphatic heterocycles. The summed E-state index contributed by atoms with van der Waals surface area (Å²) < 4.78 is 7.48. The molecule has 1 atom stereocenters. The highest BCUT2D eigenvalue weighted by Gasteiger charge is 2.17. The van der Waals surface area contributed by atoms with Crippen molar-refractivity contribution in [1.82, 2.24) is 20.1 Å². The van der Waals surface area contributed by atoms with Crippen LogP contribution in [0.4, 0.5) is 0 Å². The Balaban J connectivity index is 2.11. The van der Waals surface area contributed by atoms with Gasteiger partial charge in [0.1, 0.15) is 17.9 Å². The summed E-state index contributed by atoms with van der Waals surface area (Å²) in [5, 5.41) is 7.73. The predicted octanol–water partition coefficient (Wildman–Crippen LogP) is 2.42. The largest absolute Gasteiger partial charge is 0.468 e. The summed E-state index contributed by atoms with van der Waals surface area (Å²) in [4.78, 5) is 4.37. The van der Waals surface area contributed by atoms with Crippen molar-refractivity contribution in [3.05, 3.63) is 36.3 Å². The lowest BCUT2D eigenvalue weighted by Gasteiger charge is -2.16. The van der Waals surface area contributed by atoms with Gasteiger partial charge < -0.3 is 9.73 Å². The van der Waals surface area contributed by atoms with E-state index in [1.165, 1.54) is 0 Å². The minimum absolute atomic E-state index is 0.148. The lowest BCUT2D eigenvalue weighted by molar-refractivity contribution is 0.396. The summed E-state index contributed by atoms with van der Waals surface area (Å²) in [6.07, 6.45) is 4.12. The maximum atomic E-state index is 5.50. The van der Waals surface area contributed by atoms with Crippen molar-refractivity contribution in [2.24, 2.45) is 5.92 Å². The number of hydrogen-bond donors (Lipinski definition) is 1. The van der Waals surface area contributed by atoms with Crippen LogP contribution in [0.3, 0.4) is 0 Å². The van der Waals surface area contributed by atoms with E-state index in [0.29, 0.717) is 5.92 Å². The quantitative estimate of drug-likeness (QED) is 0.832. The summed E-state index contributed by atoms with van der Waals surface area (Å²) >= 11 is 0. The second kappa shape index (κ2) is 6.52. The Hall–Kier alpha value is -1.62. The van der Waals surface area contributed by atoms with Gasteiger partial charge in [0.25, 0.3) is 0 Å². The van der Waals surface area contributed by atoms with E-state index in [9.17, 15) is 0 Å². The number of rotatable bonds is 7. The van der Waals surface area contributed by atoms with Gasteiger partial charge in [0, 0.05) is 13.0 Å². The topological polar surface area (TPSA) is 55.9 Å². The van der Waals surface area contributed by atoms with Gasteiger partial charge in [-0.05, 0) is 24.6 Å². The summed E-state index contributed by atoms with van der Waals surface area (Å²) in [7, 11) is 0. The van der Waals surface area contributed by atoms with Crippen LogP contribution in [0.1, 0.15) is 38.4 Å². The number of nitrogens with one attached hydrogen (secondary N) is 1. The molecule has 0 aromatic carbocycles. The van der Waals surface area contributed by atoms with Crippen molar-refractivity contribution in [2.45, 2.75) is 39.8 Å². The van der Waals surface area contributed by atoms with Crippen LogP contribution in [0.5, 0.6) is 0 Å². The van der Waals surface area contributed by atoms with Crippen LogP contribution in [0.15, 0.2) is 29.1 Å². The lowest BCUT2D eigenvalue weighted by atomic mass is 10.1. The fourth-order valence-electron chi connectivity index (χ4n) is 2.14. The molecular weight excluding hydrogens is 240 g/mol. The van der Waals surface area contributed by atoms with Gasteiger partial charge in [0.2, 0.25) is 0 Å². The monoisotopic (exact) mass is 262 g/mol. The highest BCUT2D eigenvalue weighted by atomic mass is 16.3. The van der Waals surface area contributed by atoms with Gasteiger partial charge in [-0.1, -0.05) is 20.8 Å². The van der Waals surface area contributed by atoms with Gasteiger partial charge in [0.15, 0.2) is 0 Å². The third-order valence-corrected chi connectivity index (χ3v) is 2.96. The average Bonchev–Trinajstić information content (AvgIpc) is 3.00. The first-order valence-corrected chi connectivity index (χ1v) is 6.84. The molecule has 5 heteroatoms. The molecule has 0 radical (unpaired) electrons. The van der Waals surface area contributed by atoms with Crippen molar-refractivity contribution in [1.29, 1.82) is 0 Å². The molecule has 0 saturated carbocycles. The van der Waals surface area contributed by atoms with Crippen molar-refractivity contribution in [2.75, 3.05) is 6.54 Å². The number of hydrogen-bond acceptors (Lipinski definition) is 4. The Labute approximate surface area is 114 Å². The normalized spacial score (nSPS) is 13.1. The molecule has 2 heterocycles. The highest BCUT2D eigenvalue weighted by molar-refractivity contribution is 5.07. The second-order valence-electron chi connectivity index (χ2n) is 5.08. The number of furan rings is 1. The van der Waals surface area contributed by atoms with Crippen molar-refractivity contribution < 1.29 is 4.42 Å². The van der Waals surface area contributed by atoms with Crippen molar-refractivity contribution >= 4 is 0 Å². The van der Waals surface area contributed by atoms with Crippen LogP contribution >= 0.6 is 0 Å². The molecule has 0 saturated heterocycles. The maximum absolute atomic E-state index is 5.50. The highest BCUT2D eigenvalue weighted by Crippen LogP contribution is 2.18. The molecule has 0 aliphatic carbocycles. The van der Waals surface area contributed by atoms with Crippen LogP contribution in [-0.2, 0) is 13.0 Å². The van der Waals surface area contributed by atoms with E-state index < -0.39 is 0 Å². The predicted molar refractivity (Wildman–Crippen MR) is 73.7 cm³/mol. The van der Waals surface area contributed by atoms with Crippen LogP contribution in [0.25, 0.3) is 0 Å². The molecule has 0 spiro atoms. The molecule has 1 N–H and O–H groups in total. The Morgan fingerprint density at radius 3 is 2.89 bits per heavy atom. The molecule has 0 bridgehead atoms. The number of likely N-dealkylation sites (N-methyl/N-ethyl adjacent to an activating group) is 1. The molecule has 1 unspecified atom stereocenters. The van der Waals surface area contributed by atoms with E-state index in [1.54, 1.807) is 12.6 Å². The molecular formula is C14H22N4O. The molecule has 0 aliphatic rings. The zero-order chi connectivity index (χ0) is 13.7. The molecule has 2 aromatic heterocycles. The van der Waals surface area contributed by atoms with Crippen LogP contribution < -0.4 is 5.32 Å². The standard InChI is InChI=1S/C14H22N4O/c1-4-15-12(13-6-5-7-19-13)8-14-16-10-17-18(14)9-11(2)3/h5-7,10-12,15H,4,8-9H2,1-3H3. The fourth-order valence-corrected chi connectivity index (χ4v) is 2.14. The van der Waals surface area contributed by atoms with Crippen molar-refractivity contribution in [3.63, 3.8) is 0 Å². The molecule has 2 aromatic rings. The summed E-state index contributed by atoms with van der Waals surface area (Å²) in [6, 6.07) is 4.06. The lowest BCUT2D eigenvalue weighted by Crippen LogP contribution is -2.24. The van der Waals surface area contributed by atoms with Gasteiger partial charge in [0.05, 0.1) is 12.3 Å². The zero-order valence-electron chi connectivity index (χ0n) is 11.8. The first kappa shape index (κ1) is 13.8. The third-order valence-electron chi connectivity index (χ3n) is 2.96. The number of nitrogens with zero attached hydrogens (tertiary/aromatic N) is 3. The van der Waals surface area contributed by atoms with E-state index in [0.717, 1.165) is 31.1 Å². The second-order valence-corrected chi connectivity index (χ2v) is 5.08. The van der Waals surface area contributed by atoms with Gasteiger partial charge in [-0.3, -0.25) is 0 Å². The van der Waals surface area contributed by atoms with Gasteiger partial charge in [-0.15, -0.1) is 0 Å². The fraction of sp³-hybridized carbons (Fsp3) is 0.571. The van der Waals surface area contributed by atoms with Gasteiger partial charge in [-0.25, -0.2) is 9.67 Å². The van der Waals surface area contributed by atoms with E-state index in [-0.39, 0.29) is 6.04 Å². The zero-order valence-corrected chi connectivity index (χ0v) is 11.8. The third kappa shape index (κ3) is 3.67. The summed E-state index contributed by atoms with van der Waals surface area (Å²) in [5.74, 6) is 2.50. The SMILES string of the molecule is CCNC(Cc1ncnn1CC(C)C)c1ccco1. The average molecular weight is 262 g/mol. The first-order chi connectivity index (χ1) is 9.20. The van der Waals surface area contributed by atoms with E-state index >= 15 is 0 Å². The maximum Gasteiger partial charge on any atom is 0.138 e. The van der Waals surface area contributed by atoms with Crippen LogP contribution in [-0.4, -0.2) is 21.3 Å². The van der Waals surface area contributed by atoms with E-state index in [1.807, 2.05) is 16.8 Å². The Morgan fingerprint density at radius 1 is 1.42 bits per heavy atom. The van der Waals surface area contributed by atoms with Crippen molar-refractivity contribution in [3.8, 4) is 0 Å². The summed E-state index contributed by atoms with van der Waals surface area (Å²) in [5.41, 5.74) is 0. The number of aromatic nitrogens is 3. The Kier molecular flexibility index (Phi) is 4.74. The smallest absolute Gasteiger partial charge is 0.138 e. The van der Waals surface area contributed by atoms with Crippen LogP contribution in [0, 0.1) is 5.92 Å². The molecule has 104 valence electrons. The molecule has 19 heavy (non-hydrogen) atoms. The Morgan fingerprint density at radius 2 is 2.26 bits per heavy atom. The van der Waals surface area contributed by atoms with Gasteiger partial charge >= 0.3 is 0 Å².